The molecule has 0 aliphatic carbocycles. The van der Waals surface area contributed by atoms with Gasteiger partial charge in [0.1, 0.15) is 11.4 Å². The molecule has 0 saturated heterocycles. The molecule has 1 aliphatic heterocycles. The Bertz CT molecular complexity index is 755. The maximum Gasteiger partial charge on any atom is 0.408 e. The van der Waals surface area contributed by atoms with Crippen molar-refractivity contribution in [1.82, 2.24) is 24.3 Å². The fourth-order valence-electron chi connectivity index (χ4n) is 2.01. The van der Waals surface area contributed by atoms with Crippen LogP contribution in [0.2, 0.25) is 0 Å². The number of nitrogens with one attached hydrogen (secondary N) is 1. The summed E-state index contributed by atoms with van der Waals surface area (Å²) < 4.78 is 62.6. The number of alkyl halides is 3. The molecule has 21 heavy (non-hydrogen) atoms. The summed E-state index contributed by atoms with van der Waals surface area (Å²) in [6.07, 6.45) is -1.39. The Labute approximate surface area is 117 Å². The van der Waals surface area contributed by atoms with Gasteiger partial charge in [-0.1, -0.05) is 0 Å². The monoisotopic (exact) mass is 321 g/mol. The fraction of sp³-hybridized carbons (Fsp3) is 0.400. The van der Waals surface area contributed by atoms with E-state index in [2.05, 4.69) is 15.5 Å². The van der Waals surface area contributed by atoms with Gasteiger partial charge in [0, 0.05) is 31.0 Å². The average molecular weight is 321 g/mol. The molecule has 3 heterocycles. The SMILES string of the molecule is O=S(=O)(c1cnn(CC(F)(F)F)c1)n1cc2c(n1)CNC2. The predicted octanol–water partition coefficient (Wildman–Crippen LogP) is 0.482. The van der Waals surface area contributed by atoms with E-state index in [1.165, 1.54) is 6.20 Å². The molecule has 3 rings (SSSR count). The summed E-state index contributed by atoms with van der Waals surface area (Å²) in [7, 11) is -4.02. The second kappa shape index (κ2) is 4.56. The topological polar surface area (TPSA) is 81.8 Å². The molecule has 0 bridgehead atoms. The lowest BCUT2D eigenvalue weighted by Gasteiger charge is -2.05. The van der Waals surface area contributed by atoms with Gasteiger partial charge in [0.05, 0.1) is 11.9 Å². The van der Waals surface area contributed by atoms with Gasteiger partial charge in [0.25, 0.3) is 10.0 Å². The van der Waals surface area contributed by atoms with E-state index in [1.807, 2.05) is 0 Å². The first-order valence-corrected chi connectivity index (χ1v) is 7.33. The quantitative estimate of drug-likeness (QED) is 0.889. The summed E-state index contributed by atoms with van der Waals surface area (Å²) in [5, 5.41) is 10.4. The predicted molar refractivity (Wildman–Crippen MR) is 63.6 cm³/mol. The lowest BCUT2D eigenvalue weighted by atomic mass is 10.3. The van der Waals surface area contributed by atoms with Crippen LogP contribution in [0, 0.1) is 0 Å². The van der Waals surface area contributed by atoms with Crippen LogP contribution in [-0.2, 0) is 29.7 Å². The van der Waals surface area contributed by atoms with Crippen molar-refractivity contribution in [2.24, 2.45) is 0 Å². The summed E-state index contributed by atoms with van der Waals surface area (Å²) in [4.78, 5) is -0.333. The highest BCUT2D eigenvalue weighted by Gasteiger charge is 2.30. The summed E-state index contributed by atoms with van der Waals surface area (Å²) in [5.74, 6) is 0. The van der Waals surface area contributed by atoms with Gasteiger partial charge in [0.2, 0.25) is 0 Å². The standard InChI is InChI=1S/C10H10F3N5O2S/c11-10(12,13)6-17-5-8(2-15-17)21(19,20)18-4-7-1-14-3-9(7)16-18/h2,4-5,14H,1,3,6H2. The van der Waals surface area contributed by atoms with Gasteiger partial charge in [-0.3, -0.25) is 4.68 Å². The van der Waals surface area contributed by atoms with Crippen LogP contribution in [0.4, 0.5) is 13.2 Å². The van der Waals surface area contributed by atoms with Crippen LogP contribution < -0.4 is 5.32 Å². The van der Waals surface area contributed by atoms with Crippen molar-refractivity contribution < 1.29 is 21.6 Å². The number of rotatable bonds is 3. The molecule has 0 aromatic carbocycles. The van der Waals surface area contributed by atoms with Gasteiger partial charge in [-0.2, -0.15) is 35.9 Å². The molecule has 1 N–H and O–H groups in total. The maximum absolute atomic E-state index is 12.3. The summed E-state index contributed by atoms with van der Waals surface area (Å²) in [6.45, 7) is -0.370. The normalized spacial score (nSPS) is 15.4. The highest BCUT2D eigenvalue weighted by Crippen LogP contribution is 2.20. The molecular formula is C10H10F3N5O2S. The van der Waals surface area contributed by atoms with Crippen LogP contribution >= 0.6 is 0 Å². The molecule has 0 radical (unpaired) electrons. The molecule has 0 saturated carbocycles. The van der Waals surface area contributed by atoms with Crippen molar-refractivity contribution in [3.8, 4) is 0 Å². The fourth-order valence-corrected chi connectivity index (χ4v) is 3.13. The van der Waals surface area contributed by atoms with Crippen molar-refractivity contribution in [2.45, 2.75) is 30.7 Å². The van der Waals surface area contributed by atoms with Gasteiger partial charge in [-0.15, -0.1) is 0 Å². The Morgan fingerprint density at radius 3 is 2.71 bits per heavy atom. The summed E-state index contributed by atoms with van der Waals surface area (Å²) in [5.41, 5.74) is 1.36. The number of fused-ring (bicyclic) bond motifs is 1. The van der Waals surface area contributed by atoms with Crippen molar-refractivity contribution in [1.29, 1.82) is 0 Å². The third-order valence-corrected chi connectivity index (χ3v) is 4.45. The number of hydrogen-bond donors (Lipinski definition) is 1. The van der Waals surface area contributed by atoms with Crippen LogP contribution in [0.15, 0.2) is 23.5 Å². The highest BCUT2D eigenvalue weighted by atomic mass is 32.2. The molecule has 0 amide bonds. The minimum absolute atomic E-state index is 0.333. The molecule has 0 spiro atoms. The van der Waals surface area contributed by atoms with Crippen LogP contribution in [0.3, 0.4) is 0 Å². The van der Waals surface area contributed by atoms with Gasteiger partial charge in [0.15, 0.2) is 0 Å². The largest absolute Gasteiger partial charge is 0.408 e. The van der Waals surface area contributed by atoms with E-state index in [1.54, 1.807) is 0 Å². The number of halogens is 3. The molecule has 7 nitrogen and oxygen atoms in total. The van der Waals surface area contributed by atoms with Gasteiger partial charge >= 0.3 is 6.18 Å². The van der Waals surface area contributed by atoms with E-state index in [9.17, 15) is 21.6 Å². The molecule has 1 aliphatic rings. The first-order chi connectivity index (χ1) is 9.75. The lowest BCUT2D eigenvalue weighted by Crippen LogP contribution is -2.18. The second-order valence-electron chi connectivity index (χ2n) is 4.57. The second-order valence-corrected chi connectivity index (χ2v) is 6.37. The Kier molecular flexibility index (Phi) is 3.06. The van der Waals surface area contributed by atoms with Crippen molar-refractivity contribution >= 4 is 10.0 Å². The van der Waals surface area contributed by atoms with Gasteiger partial charge in [-0.05, 0) is 0 Å². The van der Waals surface area contributed by atoms with Crippen LogP contribution in [-0.4, -0.2) is 33.6 Å². The Balaban J connectivity index is 1.91. The Morgan fingerprint density at radius 2 is 2.05 bits per heavy atom. The third-order valence-electron chi connectivity index (χ3n) is 2.96. The minimum Gasteiger partial charge on any atom is -0.307 e. The maximum atomic E-state index is 12.3. The first-order valence-electron chi connectivity index (χ1n) is 5.89. The van der Waals surface area contributed by atoms with Crippen LogP contribution in [0.1, 0.15) is 11.3 Å². The molecule has 0 atom stereocenters. The van der Waals surface area contributed by atoms with Crippen LogP contribution in [0.5, 0.6) is 0 Å². The zero-order valence-corrected chi connectivity index (χ0v) is 11.3. The molecule has 2 aromatic rings. The Morgan fingerprint density at radius 1 is 1.29 bits per heavy atom. The number of aromatic nitrogens is 4. The molecule has 0 fully saturated rings. The Hall–Kier alpha value is -1.88. The zero-order chi connectivity index (χ0) is 15.3. The third kappa shape index (κ3) is 2.65. The van der Waals surface area contributed by atoms with Crippen LogP contribution in [0.25, 0.3) is 0 Å². The van der Waals surface area contributed by atoms with Crippen molar-refractivity contribution in [3.05, 3.63) is 29.8 Å². The summed E-state index contributed by atoms with van der Waals surface area (Å²) in [6, 6.07) is 0. The first kappa shape index (κ1) is 14.1. The molecule has 2 aromatic heterocycles. The van der Waals surface area contributed by atoms with E-state index in [-0.39, 0.29) is 4.90 Å². The minimum atomic E-state index is -4.47. The zero-order valence-electron chi connectivity index (χ0n) is 10.5. The lowest BCUT2D eigenvalue weighted by molar-refractivity contribution is -0.142. The highest BCUT2D eigenvalue weighted by molar-refractivity contribution is 7.89. The molecule has 114 valence electrons. The van der Waals surface area contributed by atoms with Gasteiger partial charge in [-0.25, -0.2) is 0 Å². The molecular weight excluding hydrogens is 311 g/mol. The van der Waals surface area contributed by atoms with E-state index >= 15 is 0 Å². The van der Waals surface area contributed by atoms with E-state index in [0.29, 0.717) is 23.5 Å². The van der Waals surface area contributed by atoms with E-state index in [0.717, 1.165) is 22.0 Å². The van der Waals surface area contributed by atoms with Crippen molar-refractivity contribution in [3.63, 3.8) is 0 Å². The number of nitrogens with zero attached hydrogens (tertiary/aromatic N) is 4. The van der Waals surface area contributed by atoms with Gasteiger partial charge < -0.3 is 5.32 Å². The average Bonchev–Trinajstić information content (AvgIpc) is 2.98. The smallest absolute Gasteiger partial charge is 0.307 e. The summed E-state index contributed by atoms with van der Waals surface area (Å²) >= 11 is 0. The number of hydrogen-bond acceptors (Lipinski definition) is 5. The van der Waals surface area contributed by atoms with E-state index < -0.39 is 22.7 Å². The van der Waals surface area contributed by atoms with Crippen molar-refractivity contribution in [2.75, 3.05) is 0 Å². The van der Waals surface area contributed by atoms with E-state index in [4.69, 9.17) is 0 Å². The molecule has 0 unspecified atom stereocenters. The molecule has 11 heteroatoms.